The second-order valence-corrected chi connectivity index (χ2v) is 5.89. The zero-order valence-corrected chi connectivity index (χ0v) is 11.4. The minimum absolute atomic E-state index is 0.156. The van der Waals surface area contributed by atoms with Crippen molar-refractivity contribution in [2.45, 2.75) is 6.92 Å². The summed E-state index contributed by atoms with van der Waals surface area (Å²) >= 11 is 4.78. The van der Waals surface area contributed by atoms with Gasteiger partial charge in [0.25, 0.3) is 5.91 Å². The first kappa shape index (κ1) is 12.1. The summed E-state index contributed by atoms with van der Waals surface area (Å²) in [6.07, 6.45) is 0. The third kappa shape index (κ3) is 2.87. The molecule has 0 aliphatic rings. The lowest BCUT2D eigenvalue weighted by Gasteiger charge is -2.05. The number of aromatic hydroxyl groups is 1. The monoisotopic (exact) mass is 311 g/mol. The Hall–Kier alpha value is -1.33. The van der Waals surface area contributed by atoms with Crippen LogP contribution in [0, 0.1) is 6.92 Å². The van der Waals surface area contributed by atoms with Crippen molar-refractivity contribution in [3.05, 3.63) is 44.6 Å². The molecule has 0 bridgehead atoms. The van der Waals surface area contributed by atoms with Crippen molar-refractivity contribution in [1.29, 1.82) is 0 Å². The van der Waals surface area contributed by atoms with E-state index in [1.807, 2.05) is 0 Å². The molecule has 2 rings (SSSR count). The summed E-state index contributed by atoms with van der Waals surface area (Å²) in [6, 6.07) is 6.73. The number of halogens is 1. The van der Waals surface area contributed by atoms with Crippen LogP contribution in [0.4, 0.5) is 5.69 Å². The van der Waals surface area contributed by atoms with Gasteiger partial charge in [-0.1, -0.05) is 0 Å². The van der Waals surface area contributed by atoms with E-state index >= 15 is 0 Å². The average Bonchev–Trinajstić information content (AvgIpc) is 2.70. The van der Waals surface area contributed by atoms with Crippen LogP contribution in [0.2, 0.25) is 0 Å². The van der Waals surface area contributed by atoms with Crippen LogP contribution in [0.25, 0.3) is 0 Å². The number of carbonyl (C=O) groups excluding carboxylic acids is 1. The fourth-order valence-corrected chi connectivity index (χ4v) is 2.50. The maximum absolute atomic E-state index is 11.8. The van der Waals surface area contributed by atoms with Crippen LogP contribution in [-0.4, -0.2) is 11.0 Å². The lowest BCUT2D eigenvalue weighted by molar-refractivity contribution is 0.102. The molecule has 0 aliphatic carbocycles. The molecule has 1 amide bonds. The van der Waals surface area contributed by atoms with Gasteiger partial charge in [-0.25, -0.2) is 0 Å². The van der Waals surface area contributed by atoms with Crippen LogP contribution >= 0.6 is 27.3 Å². The predicted octanol–water partition coefficient (Wildman–Crippen LogP) is 3.78. The van der Waals surface area contributed by atoms with Crippen LogP contribution in [0.15, 0.2) is 33.4 Å². The van der Waals surface area contributed by atoms with Gasteiger partial charge in [0.2, 0.25) is 0 Å². The number of thiophene rings is 1. The lowest BCUT2D eigenvalue weighted by atomic mass is 10.2. The maximum atomic E-state index is 11.8. The molecule has 1 aromatic heterocycles. The van der Waals surface area contributed by atoms with Gasteiger partial charge in [-0.2, -0.15) is 0 Å². The molecule has 0 spiro atoms. The molecule has 2 aromatic rings. The highest BCUT2D eigenvalue weighted by atomic mass is 79.9. The smallest absolute Gasteiger partial charge is 0.256 e. The Morgan fingerprint density at radius 3 is 2.76 bits per heavy atom. The molecule has 1 heterocycles. The fraction of sp³-hybridized carbons (Fsp3) is 0.0833. The van der Waals surface area contributed by atoms with E-state index in [1.54, 1.807) is 36.6 Å². The summed E-state index contributed by atoms with van der Waals surface area (Å²) in [7, 11) is 0. The molecule has 5 heteroatoms. The summed E-state index contributed by atoms with van der Waals surface area (Å²) in [4.78, 5) is 11.8. The molecule has 0 unspecified atom stereocenters. The molecule has 17 heavy (non-hydrogen) atoms. The predicted molar refractivity (Wildman–Crippen MR) is 72.8 cm³/mol. The van der Waals surface area contributed by atoms with Crippen molar-refractivity contribution in [2.75, 3.05) is 5.32 Å². The van der Waals surface area contributed by atoms with Gasteiger partial charge in [-0.05, 0) is 52.7 Å². The summed E-state index contributed by atoms with van der Waals surface area (Å²) in [5, 5.41) is 13.9. The molecule has 0 atom stereocenters. The number of benzene rings is 1. The Labute approximate surface area is 111 Å². The molecule has 1 aromatic carbocycles. The Morgan fingerprint density at radius 2 is 2.18 bits per heavy atom. The first-order chi connectivity index (χ1) is 8.06. The van der Waals surface area contributed by atoms with Crippen LogP contribution in [0.1, 0.15) is 15.9 Å². The summed E-state index contributed by atoms with van der Waals surface area (Å²) < 4.78 is 0.921. The second kappa shape index (κ2) is 4.89. The number of aryl methyl sites for hydroxylation is 1. The van der Waals surface area contributed by atoms with Crippen LogP contribution in [-0.2, 0) is 0 Å². The molecule has 0 fully saturated rings. The molecular weight excluding hydrogens is 302 g/mol. The first-order valence-electron chi connectivity index (χ1n) is 4.91. The van der Waals surface area contributed by atoms with E-state index in [2.05, 4.69) is 21.2 Å². The Balaban J connectivity index is 2.15. The quantitative estimate of drug-likeness (QED) is 0.829. The Bertz CT molecular complexity index is 565. The number of nitrogens with one attached hydrogen (secondary N) is 1. The number of phenols is 1. The Kier molecular flexibility index (Phi) is 3.49. The van der Waals surface area contributed by atoms with Gasteiger partial charge < -0.3 is 10.4 Å². The average molecular weight is 312 g/mol. The van der Waals surface area contributed by atoms with Gasteiger partial charge in [0.05, 0.1) is 9.35 Å². The number of anilines is 1. The van der Waals surface area contributed by atoms with E-state index in [-0.39, 0.29) is 11.7 Å². The molecule has 3 nitrogen and oxygen atoms in total. The van der Waals surface area contributed by atoms with E-state index < -0.39 is 0 Å². The molecule has 0 radical (unpaired) electrons. The van der Waals surface area contributed by atoms with Gasteiger partial charge in [-0.3, -0.25) is 4.79 Å². The highest BCUT2D eigenvalue weighted by molar-refractivity contribution is 9.11. The van der Waals surface area contributed by atoms with E-state index in [0.29, 0.717) is 11.3 Å². The largest absolute Gasteiger partial charge is 0.508 e. The topological polar surface area (TPSA) is 49.3 Å². The maximum Gasteiger partial charge on any atom is 0.256 e. The van der Waals surface area contributed by atoms with E-state index in [4.69, 9.17) is 0 Å². The minimum Gasteiger partial charge on any atom is -0.508 e. The molecular formula is C12H10BrNO2S. The van der Waals surface area contributed by atoms with Crippen molar-refractivity contribution in [1.82, 2.24) is 0 Å². The van der Waals surface area contributed by atoms with Crippen molar-refractivity contribution in [2.24, 2.45) is 0 Å². The van der Waals surface area contributed by atoms with Gasteiger partial charge in [-0.15, -0.1) is 11.3 Å². The zero-order chi connectivity index (χ0) is 12.4. The van der Waals surface area contributed by atoms with Crippen molar-refractivity contribution >= 4 is 38.9 Å². The standard InChI is InChI=1S/C12H10BrNO2S/c1-7-4-9(2-3-10(7)15)14-12(16)8-5-11(13)17-6-8/h2-6,15H,1H3,(H,14,16). The molecule has 88 valence electrons. The molecule has 0 saturated heterocycles. The van der Waals surface area contributed by atoms with Crippen LogP contribution in [0.3, 0.4) is 0 Å². The van der Waals surface area contributed by atoms with Gasteiger partial charge in [0.1, 0.15) is 5.75 Å². The van der Waals surface area contributed by atoms with E-state index in [1.165, 1.54) is 11.3 Å². The lowest BCUT2D eigenvalue weighted by Crippen LogP contribution is -2.10. The Morgan fingerprint density at radius 1 is 1.41 bits per heavy atom. The highest BCUT2D eigenvalue weighted by Crippen LogP contribution is 2.23. The number of amides is 1. The van der Waals surface area contributed by atoms with Crippen molar-refractivity contribution in [3.8, 4) is 5.75 Å². The zero-order valence-electron chi connectivity index (χ0n) is 9.03. The van der Waals surface area contributed by atoms with E-state index in [9.17, 15) is 9.90 Å². The molecule has 0 aliphatic heterocycles. The summed E-state index contributed by atoms with van der Waals surface area (Å²) in [6.45, 7) is 1.78. The number of phenolic OH excluding ortho intramolecular Hbond substituents is 1. The van der Waals surface area contributed by atoms with Gasteiger partial charge >= 0.3 is 0 Å². The number of carbonyl (C=O) groups is 1. The third-order valence-electron chi connectivity index (χ3n) is 2.28. The number of hydrogen-bond acceptors (Lipinski definition) is 3. The van der Waals surface area contributed by atoms with Gasteiger partial charge in [0.15, 0.2) is 0 Å². The normalized spacial score (nSPS) is 10.2. The highest BCUT2D eigenvalue weighted by Gasteiger charge is 2.08. The third-order valence-corrected chi connectivity index (χ3v) is 3.79. The molecule has 0 saturated carbocycles. The van der Waals surface area contributed by atoms with Crippen molar-refractivity contribution < 1.29 is 9.90 Å². The summed E-state index contributed by atoms with van der Waals surface area (Å²) in [5.41, 5.74) is 2.02. The van der Waals surface area contributed by atoms with Gasteiger partial charge in [0, 0.05) is 11.1 Å². The van der Waals surface area contributed by atoms with Crippen molar-refractivity contribution in [3.63, 3.8) is 0 Å². The first-order valence-corrected chi connectivity index (χ1v) is 6.58. The van der Waals surface area contributed by atoms with E-state index in [0.717, 1.165) is 9.35 Å². The van der Waals surface area contributed by atoms with Crippen LogP contribution in [0.5, 0.6) is 5.75 Å². The molecule has 2 N–H and O–H groups in total. The fourth-order valence-electron chi connectivity index (χ4n) is 1.37. The summed E-state index contributed by atoms with van der Waals surface area (Å²) in [5.74, 6) is 0.0679. The second-order valence-electron chi connectivity index (χ2n) is 3.59. The van der Waals surface area contributed by atoms with Crippen LogP contribution < -0.4 is 5.32 Å². The minimum atomic E-state index is -0.156. The number of hydrogen-bond donors (Lipinski definition) is 2. The SMILES string of the molecule is Cc1cc(NC(=O)c2csc(Br)c2)ccc1O. The number of rotatable bonds is 2.